The van der Waals surface area contributed by atoms with Crippen LogP contribution in [0.15, 0.2) is 35.9 Å². The standard InChI is InChI=1S/C12H10N2O/c1-15-9-12(11(7-13)8-14)10-5-3-2-4-6-10/h2-6H,9H2,1H3. The number of allylic oxidation sites excluding steroid dienone is 1. The maximum Gasteiger partial charge on any atom is 0.135 e. The lowest BCUT2D eigenvalue weighted by Crippen LogP contribution is -1.97. The van der Waals surface area contributed by atoms with Crippen molar-refractivity contribution in [3.05, 3.63) is 41.5 Å². The van der Waals surface area contributed by atoms with Crippen LogP contribution in [-0.4, -0.2) is 13.7 Å². The molecule has 0 aromatic heterocycles. The third-order valence-electron chi connectivity index (χ3n) is 1.94. The fourth-order valence-corrected chi connectivity index (χ4v) is 1.24. The molecule has 0 bridgehead atoms. The number of nitrogens with zero attached hydrogens (tertiary/aromatic N) is 2. The molecule has 3 nitrogen and oxygen atoms in total. The highest BCUT2D eigenvalue weighted by Gasteiger charge is 2.07. The molecule has 1 aromatic carbocycles. The van der Waals surface area contributed by atoms with E-state index in [1.807, 2.05) is 42.5 Å². The quantitative estimate of drug-likeness (QED) is 0.699. The molecule has 74 valence electrons. The van der Waals surface area contributed by atoms with Gasteiger partial charge in [-0.15, -0.1) is 0 Å². The number of methoxy groups -OCH3 is 1. The molecule has 0 atom stereocenters. The Hall–Kier alpha value is -2.10. The average molecular weight is 198 g/mol. The first-order valence-electron chi connectivity index (χ1n) is 4.41. The van der Waals surface area contributed by atoms with E-state index in [1.54, 1.807) is 0 Å². The van der Waals surface area contributed by atoms with Gasteiger partial charge in [-0.2, -0.15) is 10.5 Å². The van der Waals surface area contributed by atoms with Crippen molar-refractivity contribution < 1.29 is 4.74 Å². The molecule has 0 aliphatic heterocycles. The Morgan fingerprint density at radius 2 is 1.80 bits per heavy atom. The zero-order valence-corrected chi connectivity index (χ0v) is 8.40. The van der Waals surface area contributed by atoms with Crippen molar-refractivity contribution in [2.75, 3.05) is 13.7 Å². The number of hydrogen-bond donors (Lipinski definition) is 0. The summed E-state index contributed by atoms with van der Waals surface area (Å²) in [5, 5.41) is 17.6. The monoisotopic (exact) mass is 198 g/mol. The Balaban J connectivity index is 3.22. The van der Waals surface area contributed by atoms with Crippen LogP contribution in [0.4, 0.5) is 0 Å². The fraction of sp³-hybridized carbons (Fsp3) is 0.167. The number of benzene rings is 1. The molecule has 3 heteroatoms. The van der Waals surface area contributed by atoms with Gasteiger partial charge in [-0.25, -0.2) is 0 Å². The Labute approximate surface area is 88.8 Å². The van der Waals surface area contributed by atoms with Gasteiger partial charge >= 0.3 is 0 Å². The van der Waals surface area contributed by atoms with Crippen LogP contribution in [-0.2, 0) is 4.74 Å². The Morgan fingerprint density at radius 1 is 1.20 bits per heavy atom. The largest absolute Gasteiger partial charge is 0.380 e. The van der Waals surface area contributed by atoms with Gasteiger partial charge in [-0.3, -0.25) is 0 Å². The summed E-state index contributed by atoms with van der Waals surface area (Å²) in [5.74, 6) is 0. The van der Waals surface area contributed by atoms with Crippen molar-refractivity contribution in [2.24, 2.45) is 0 Å². The second-order valence-corrected chi connectivity index (χ2v) is 2.88. The zero-order chi connectivity index (χ0) is 11.1. The third-order valence-corrected chi connectivity index (χ3v) is 1.94. The van der Waals surface area contributed by atoms with E-state index in [2.05, 4.69) is 0 Å². The van der Waals surface area contributed by atoms with Crippen LogP contribution >= 0.6 is 0 Å². The zero-order valence-electron chi connectivity index (χ0n) is 8.40. The lowest BCUT2D eigenvalue weighted by atomic mass is 10.0. The van der Waals surface area contributed by atoms with Gasteiger partial charge in [0.05, 0.1) is 6.61 Å². The molecule has 0 spiro atoms. The summed E-state index contributed by atoms with van der Waals surface area (Å²) in [6.45, 7) is 0.264. The van der Waals surface area contributed by atoms with Crippen LogP contribution in [0.3, 0.4) is 0 Å². The van der Waals surface area contributed by atoms with E-state index in [0.29, 0.717) is 5.57 Å². The smallest absolute Gasteiger partial charge is 0.135 e. The number of ether oxygens (including phenoxy) is 1. The first kappa shape index (κ1) is 11.0. The first-order chi connectivity index (χ1) is 7.33. The maximum absolute atomic E-state index is 8.80. The third kappa shape index (κ3) is 2.67. The number of rotatable bonds is 3. The van der Waals surface area contributed by atoms with Crippen molar-refractivity contribution in [3.63, 3.8) is 0 Å². The minimum atomic E-state index is 0.100. The molecule has 0 radical (unpaired) electrons. The molecule has 0 saturated carbocycles. The molecule has 0 saturated heterocycles. The molecular weight excluding hydrogens is 188 g/mol. The summed E-state index contributed by atoms with van der Waals surface area (Å²) in [5.41, 5.74) is 1.57. The molecule has 0 amide bonds. The second-order valence-electron chi connectivity index (χ2n) is 2.88. The highest BCUT2D eigenvalue weighted by Crippen LogP contribution is 2.18. The molecule has 0 unspecified atom stereocenters. The van der Waals surface area contributed by atoms with Crippen LogP contribution in [0, 0.1) is 22.7 Å². The molecule has 1 rings (SSSR count). The molecular formula is C12H10N2O. The molecule has 0 heterocycles. The van der Waals surface area contributed by atoms with Gasteiger partial charge in [0.25, 0.3) is 0 Å². The van der Waals surface area contributed by atoms with Crippen molar-refractivity contribution >= 4 is 5.57 Å². The lowest BCUT2D eigenvalue weighted by molar-refractivity contribution is 0.239. The summed E-state index contributed by atoms with van der Waals surface area (Å²) >= 11 is 0. The highest BCUT2D eigenvalue weighted by atomic mass is 16.5. The molecule has 0 N–H and O–H groups in total. The van der Waals surface area contributed by atoms with Gasteiger partial charge in [0.2, 0.25) is 0 Å². The Kier molecular flexibility index (Phi) is 4.09. The molecule has 0 aliphatic rings. The van der Waals surface area contributed by atoms with E-state index in [0.717, 1.165) is 5.56 Å². The van der Waals surface area contributed by atoms with E-state index in [4.69, 9.17) is 15.3 Å². The van der Waals surface area contributed by atoms with Crippen LogP contribution in [0.25, 0.3) is 5.57 Å². The van der Waals surface area contributed by atoms with Crippen LogP contribution < -0.4 is 0 Å². The van der Waals surface area contributed by atoms with Gasteiger partial charge in [-0.05, 0) is 5.56 Å². The van der Waals surface area contributed by atoms with E-state index in [1.165, 1.54) is 7.11 Å². The van der Waals surface area contributed by atoms with Crippen LogP contribution in [0.5, 0.6) is 0 Å². The van der Waals surface area contributed by atoms with Crippen molar-refractivity contribution in [1.82, 2.24) is 0 Å². The molecule has 0 aliphatic carbocycles. The topological polar surface area (TPSA) is 56.8 Å². The normalized spacial score (nSPS) is 8.73. The van der Waals surface area contributed by atoms with Crippen molar-refractivity contribution in [2.45, 2.75) is 0 Å². The number of hydrogen-bond acceptors (Lipinski definition) is 3. The first-order valence-corrected chi connectivity index (χ1v) is 4.41. The van der Waals surface area contributed by atoms with E-state index >= 15 is 0 Å². The van der Waals surface area contributed by atoms with Crippen molar-refractivity contribution in [1.29, 1.82) is 10.5 Å². The summed E-state index contributed by atoms with van der Waals surface area (Å²) in [6.07, 6.45) is 0. The van der Waals surface area contributed by atoms with Gasteiger partial charge < -0.3 is 4.74 Å². The fourth-order valence-electron chi connectivity index (χ4n) is 1.24. The highest BCUT2D eigenvalue weighted by molar-refractivity contribution is 5.75. The van der Waals surface area contributed by atoms with Crippen LogP contribution in [0.1, 0.15) is 5.56 Å². The van der Waals surface area contributed by atoms with Crippen molar-refractivity contribution in [3.8, 4) is 12.1 Å². The average Bonchev–Trinajstić information content (AvgIpc) is 2.30. The van der Waals surface area contributed by atoms with E-state index in [9.17, 15) is 0 Å². The Morgan fingerprint density at radius 3 is 2.27 bits per heavy atom. The second kappa shape index (κ2) is 5.59. The van der Waals surface area contributed by atoms with Gasteiger partial charge in [-0.1, -0.05) is 30.3 Å². The lowest BCUT2D eigenvalue weighted by Gasteiger charge is -2.05. The minimum absolute atomic E-state index is 0.100. The van der Waals surface area contributed by atoms with Gasteiger partial charge in [0, 0.05) is 12.7 Å². The summed E-state index contributed by atoms with van der Waals surface area (Å²) in [6, 6.07) is 13.0. The number of nitriles is 2. The summed E-state index contributed by atoms with van der Waals surface area (Å²) < 4.78 is 4.98. The maximum atomic E-state index is 8.80. The molecule has 1 aromatic rings. The van der Waals surface area contributed by atoms with Gasteiger partial charge in [0.1, 0.15) is 17.7 Å². The van der Waals surface area contributed by atoms with Crippen LogP contribution in [0.2, 0.25) is 0 Å². The SMILES string of the molecule is COCC(=C(C#N)C#N)c1ccccc1. The Bertz CT molecular complexity index is 419. The predicted octanol–water partition coefficient (Wildman–Crippen LogP) is 2.13. The van der Waals surface area contributed by atoms with E-state index < -0.39 is 0 Å². The minimum Gasteiger partial charge on any atom is -0.380 e. The van der Waals surface area contributed by atoms with Gasteiger partial charge in [0.15, 0.2) is 0 Å². The molecule has 15 heavy (non-hydrogen) atoms. The summed E-state index contributed by atoms with van der Waals surface area (Å²) in [4.78, 5) is 0. The molecule has 0 fully saturated rings. The predicted molar refractivity (Wildman–Crippen MR) is 56.5 cm³/mol. The summed E-state index contributed by atoms with van der Waals surface area (Å²) in [7, 11) is 1.54. The van der Waals surface area contributed by atoms with E-state index in [-0.39, 0.29) is 12.2 Å².